The molecule has 100 valence electrons. The number of ether oxygens (including phenoxy) is 1. The van der Waals surface area contributed by atoms with Crippen molar-refractivity contribution >= 4 is 17.2 Å². The summed E-state index contributed by atoms with van der Waals surface area (Å²) in [6.45, 7) is 8.57. The molecule has 3 nitrogen and oxygen atoms in total. The van der Waals surface area contributed by atoms with Gasteiger partial charge in [0.15, 0.2) is 0 Å². The van der Waals surface area contributed by atoms with Gasteiger partial charge in [-0.25, -0.2) is 0 Å². The Bertz CT molecular complexity index is 252. The minimum absolute atomic E-state index is 0.383. The number of rotatable bonds is 9. The first-order valence-corrected chi connectivity index (χ1v) is 6.88. The smallest absolute Gasteiger partial charge is 0.0733 e. The van der Waals surface area contributed by atoms with Gasteiger partial charge >= 0.3 is 0 Å². The van der Waals surface area contributed by atoms with Crippen LogP contribution in [0.1, 0.15) is 33.1 Å². The number of methoxy groups -OCH3 is 1. The van der Waals surface area contributed by atoms with Crippen LogP contribution in [0.2, 0.25) is 0 Å². The van der Waals surface area contributed by atoms with Crippen LogP contribution in [0.25, 0.3) is 0 Å². The molecular formula is C13H26N2OS. The quantitative estimate of drug-likeness (QED) is 0.642. The highest BCUT2D eigenvalue weighted by Gasteiger charge is 2.43. The Kier molecular flexibility index (Phi) is 5.83. The molecule has 2 N–H and O–H groups in total. The van der Waals surface area contributed by atoms with Gasteiger partial charge in [-0.1, -0.05) is 26.1 Å². The maximum atomic E-state index is 5.68. The van der Waals surface area contributed by atoms with Crippen LogP contribution >= 0.6 is 12.2 Å². The zero-order valence-corrected chi connectivity index (χ0v) is 12.2. The summed E-state index contributed by atoms with van der Waals surface area (Å²) in [4.78, 5) is 3.16. The molecule has 0 atom stereocenters. The standard InChI is InChI=1S/C13H26N2OS/c1-11(2)9-15(6-7-16-3)10-13(4-5-13)8-12(14)17/h11H,4-10H2,1-3H3,(H2,14,17). The van der Waals surface area contributed by atoms with Gasteiger partial charge in [0.1, 0.15) is 0 Å². The highest BCUT2D eigenvalue weighted by Crippen LogP contribution is 2.49. The fourth-order valence-corrected chi connectivity index (χ4v) is 2.69. The van der Waals surface area contributed by atoms with Gasteiger partial charge in [0.25, 0.3) is 0 Å². The van der Waals surface area contributed by atoms with Crippen molar-refractivity contribution in [3.8, 4) is 0 Å². The normalized spacial score (nSPS) is 17.7. The van der Waals surface area contributed by atoms with Gasteiger partial charge in [-0.15, -0.1) is 0 Å². The number of hydrogen-bond acceptors (Lipinski definition) is 3. The van der Waals surface area contributed by atoms with E-state index in [1.165, 1.54) is 12.8 Å². The highest BCUT2D eigenvalue weighted by molar-refractivity contribution is 7.80. The third-order valence-corrected chi connectivity index (χ3v) is 3.44. The lowest BCUT2D eigenvalue weighted by atomic mass is 10.0. The van der Waals surface area contributed by atoms with Crippen LogP contribution in [0.3, 0.4) is 0 Å². The minimum Gasteiger partial charge on any atom is -0.393 e. The summed E-state index contributed by atoms with van der Waals surface area (Å²) in [7, 11) is 1.76. The van der Waals surface area contributed by atoms with E-state index in [1.54, 1.807) is 7.11 Å². The van der Waals surface area contributed by atoms with Crippen molar-refractivity contribution in [1.82, 2.24) is 4.90 Å². The molecule has 1 aliphatic rings. The molecule has 0 spiro atoms. The van der Waals surface area contributed by atoms with Crippen molar-refractivity contribution in [2.45, 2.75) is 33.1 Å². The molecule has 0 aromatic rings. The molecule has 0 radical (unpaired) electrons. The molecule has 0 bridgehead atoms. The highest BCUT2D eigenvalue weighted by atomic mass is 32.1. The summed E-state index contributed by atoms with van der Waals surface area (Å²) in [5, 5.41) is 0. The number of nitrogens with two attached hydrogens (primary N) is 1. The first kappa shape index (κ1) is 14.9. The van der Waals surface area contributed by atoms with Gasteiger partial charge in [-0.05, 0) is 24.2 Å². The number of thiocarbonyl (C=S) groups is 1. The summed E-state index contributed by atoms with van der Waals surface area (Å²) in [6.07, 6.45) is 3.45. The molecule has 17 heavy (non-hydrogen) atoms. The van der Waals surface area contributed by atoms with E-state index in [-0.39, 0.29) is 0 Å². The third-order valence-electron chi connectivity index (χ3n) is 3.30. The molecule has 0 amide bonds. The molecule has 0 aromatic carbocycles. The minimum atomic E-state index is 0.383. The predicted octanol–water partition coefficient (Wildman–Crippen LogP) is 2.05. The first-order valence-electron chi connectivity index (χ1n) is 6.47. The maximum Gasteiger partial charge on any atom is 0.0733 e. The fraction of sp³-hybridized carbons (Fsp3) is 0.923. The summed E-state index contributed by atoms with van der Waals surface area (Å²) in [5.74, 6) is 0.687. The SMILES string of the molecule is COCCN(CC(C)C)CC1(CC(N)=S)CC1. The molecule has 1 aliphatic carbocycles. The van der Waals surface area contributed by atoms with Crippen LogP contribution in [0.5, 0.6) is 0 Å². The maximum absolute atomic E-state index is 5.68. The molecule has 0 aromatic heterocycles. The summed E-state index contributed by atoms with van der Waals surface area (Å²) in [6, 6.07) is 0. The molecule has 1 saturated carbocycles. The van der Waals surface area contributed by atoms with E-state index in [0.717, 1.165) is 32.7 Å². The monoisotopic (exact) mass is 258 g/mol. The average Bonchev–Trinajstić information content (AvgIpc) is 2.92. The van der Waals surface area contributed by atoms with Gasteiger partial charge in [0, 0.05) is 33.2 Å². The van der Waals surface area contributed by atoms with Gasteiger partial charge in [0.2, 0.25) is 0 Å². The Morgan fingerprint density at radius 1 is 1.47 bits per heavy atom. The molecule has 1 rings (SSSR count). The van der Waals surface area contributed by atoms with Crippen LogP contribution in [0.15, 0.2) is 0 Å². The number of nitrogens with zero attached hydrogens (tertiary/aromatic N) is 1. The van der Waals surface area contributed by atoms with E-state index in [9.17, 15) is 0 Å². The van der Waals surface area contributed by atoms with Gasteiger partial charge < -0.3 is 15.4 Å². The predicted molar refractivity (Wildman–Crippen MR) is 76.2 cm³/mol. The third kappa shape index (κ3) is 5.80. The molecular weight excluding hydrogens is 232 g/mol. The van der Waals surface area contributed by atoms with Crippen LogP contribution in [-0.2, 0) is 4.74 Å². The molecule has 0 heterocycles. The second kappa shape index (κ2) is 6.66. The van der Waals surface area contributed by atoms with E-state index in [0.29, 0.717) is 16.3 Å². The van der Waals surface area contributed by atoms with Crippen molar-refractivity contribution in [3.05, 3.63) is 0 Å². The van der Waals surface area contributed by atoms with Gasteiger partial charge in [-0.2, -0.15) is 0 Å². The topological polar surface area (TPSA) is 38.5 Å². The molecule has 1 fully saturated rings. The largest absolute Gasteiger partial charge is 0.393 e. The molecule has 0 aliphatic heterocycles. The van der Waals surface area contributed by atoms with Crippen LogP contribution in [-0.4, -0.2) is 43.2 Å². The second-order valence-corrected chi connectivity index (χ2v) is 6.29. The summed E-state index contributed by atoms with van der Waals surface area (Å²) < 4.78 is 5.18. The van der Waals surface area contributed by atoms with Crippen LogP contribution in [0.4, 0.5) is 0 Å². The van der Waals surface area contributed by atoms with E-state index >= 15 is 0 Å². The first-order chi connectivity index (χ1) is 7.97. The lowest BCUT2D eigenvalue weighted by Gasteiger charge is -2.28. The van der Waals surface area contributed by atoms with Crippen molar-refractivity contribution in [1.29, 1.82) is 0 Å². The zero-order chi connectivity index (χ0) is 12.9. The molecule has 0 saturated heterocycles. The lowest BCUT2D eigenvalue weighted by molar-refractivity contribution is 0.125. The van der Waals surface area contributed by atoms with Crippen LogP contribution in [0, 0.1) is 11.3 Å². The van der Waals surface area contributed by atoms with Crippen LogP contribution < -0.4 is 5.73 Å². The summed E-state index contributed by atoms with van der Waals surface area (Å²) >= 11 is 5.05. The fourth-order valence-electron chi connectivity index (χ4n) is 2.38. The zero-order valence-electron chi connectivity index (χ0n) is 11.4. The summed E-state index contributed by atoms with van der Waals surface area (Å²) in [5.41, 5.74) is 6.07. The van der Waals surface area contributed by atoms with E-state index < -0.39 is 0 Å². The van der Waals surface area contributed by atoms with E-state index in [1.807, 2.05) is 0 Å². The second-order valence-electron chi connectivity index (χ2n) is 5.76. The number of hydrogen-bond donors (Lipinski definition) is 1. The van der Waals surface area contributed by atoms with Gasteiger partial charge in [0.05, 0.1) is 11.6 Å². The Labute approximate surface area is 111 Å². The van der Waals surface area contributed by atoms with Crippen molar-refractivity contribution in [3.63, 3.8) is 0 Å². The Morgan fingerprint density at radius 2 is 2.12 bits per heavy atom. The Morgan fingerprint density at radius 3 is 2.53 bits per heavy atom. The van der Waals surface area contributed by atoms with Crippen molar-refractivity contribution in [2.75, 3.05) is 33.4 Å². The van der Waals surface area contributed by atoms with Crippen molar-refractivity contribution in [2.24, 2.45) is 17.1 Å². The average molecular weight is 258 g/mol. The van der Waals surface area contributed by atoms with Crippen molar-refractivity contribution < 1.29 is 4.74 Å². The molecule has 4 heteroatoms. The van der Waals surface area contributed by atoms with E-state index in [2.05, 4.69) is 18.7 Å². The Balaban J connectivity index is 2.44. The lowest BCUT2D eigenvalue weighted by Crippen LogP contribution is -2.37. The Hall–Kier alpha value is -0.190. The van der Waals surface area contributed by atoms with E-state index in [4.69, 9.17) is 22.7 Å². The molecule has 0 unspecified atom stereocenters. The van der Waals surface area contributed by atoms with Gasteiger partial charge in [-0.3, -0.25) is 0 Å².